The number of carbonyl (C=O) groups excluding carboxylic acids is 1. The Morgan fingerprint density at radius 3 is 2.76 bits per heavy atom. The summed E-state index contributed by atoms with van der Waals surface area (Å²) in [5.41, 5.74) is 6.13. The fraction of sp³-hybridized carbons (Fsp3) is 0.0833. The number of anilines is 2. The van der Waals surface area contributed by atoms with Crippen molar-refractivity contribution in [3.8, 4) is 0 Å². The molecule has 1 amide bonds. The molecule has 0 fully saturated rings. The molecule has 0 unspecified atom stereocenters. The van der Waals surface area contributed by atoms with E-state index in [1.54, 1.807) is 19.1 Å². The standard InChI is InChI=1S/C12H11FN2O2/c1-7-2-5-11(17-7)12(16)15-10-6-8(13)3-4-9(10)14/h2-6H,14H2,1H3,(H,15,16). The molecule has 0 spiro atoms. The molecule has 0 aliphatic carbocycles. The van der Waals surface area contributed by atoms with Crippen molar-refractivity contribution in [2.24, 2.45) is 0 Å². The second-order valence-corrected chi connectivity index (χ2v) is 3.60. The van der Waals surface area contributed by atoms with Crippen molar-refractivity contribution >= 4 is 17.3 Å². The molecule has 0 saturated heterocycles. The van der Waals surface area contributed by atoms with Gasteiger partial charge in [-0.15, -0.1) is 0 Å². The Balaban J connectivity index is 2.21. The SMILES string of the molecule is Cc1ccc(C(=O)Nc2cc(F)ccc2N)o1. The minimum atomic E-state index is -0.467. The third-order valence-corrected chi connectivity index (χ3v) is 2.23. The largest absolute Gasteiger partial charge is 0.456 e. The minimum Gasteiger partial charge on any atom is -0.456 e. The summed E-state index contributed by atoms with van der Waals surface area (Å²) in [7, 11) is 0. The van der Waals surface area contributed by atoms with E-state index in [1.807, 2.05) is 0 Å². The number of amides is 1. The second kappa shape index (κ2) is 4.29. The van der Waals surface area contributed by atoms with E-state index in [2.05, 4.69) is 5.32 Å². The van der Waals surface area contributed by atoms with Crippen LogP contribution in [0.2, 0.25) is 0 Å². The lowest BCUT2D eigenvalue weighted by atomic mass is 10.2. The second-order valence-electron chi connectivity index (χ2n) is 3.60. The van der Waals surface area contributed by atoms with Gasteiger partial charge in [0.05, 0.1) is 11.4 Å². The maximum Gasteiger partial charge on any atom is 0.291 e. The van der Waals surface area contributed by atoms with Crippen molar-refractivity contribution in [1.29, 1.82) is 0 Å². The Kier molecular flexibility index (Phi) is 2.82. The van der Waals surface area contributed by atoms with Crippen LogP contribution >= 0.6 is 0 Å². The molecular weight excluding hydrogens is 223 g/mol. The lowest BCUT2D eigenvalue weighted by molar-refractivity contribution is 0.0995. The van der Waals surface area contributed by atoms with Crippen LogP contribution in [0.25, 0.3) is 0 Å². The molecule has 2 aromatic rings. The van der Waals surface area contributed by atoms with Crippen LogP contribution in [-0.2, 0) is 0 Å². The van der Waals surface area contributed by atoms with Gasteiger partial charge in [-0.3, -0.25) is 4.79 Å². The molecule has 1 aromatic carbocycles. The zero-order valence-corrected chi connectivity index (χ0v) is 9.16. The normalized spacial score (nSPS) is 10.2. The summed E-state index contributed by atoms with van der Waals surface area (Å²) in [6.45, 7) is 1.73. The van der Waals surface area contributed by atoms with Crippen molar-refractivity contribution < 1.29 is 13.6 Å². The molecule has 0 aliphatic rings. The zero-order valence-electron chi connectivity index (χ0n) is 9.16. The predicted octanol–water partition coefficient (Wildman–Crippen LogP) is 2.56. The number of nitrogens with one attached hydrogen (secondary N) is 1. The number of aryl methyl sites for hydroxylation is 1. The molecule has 17 heavy (non-hydrogen) atoms. The highest BCUT2D eigenvalue weighted by atomic mass is 19.1. The number of rotatable bonds is 2. The summed E-state index contributed by atoms with van der Waals surface area (Å²) in [5.74, 6) is -0.144. The third kappa shape index (κ3) is 2.44. The number of halogens is 1. The van der Waals surface area contributed by atoms with Gasteiger partial charge in [0, 0.05) is 0 Å². The van der Waals surface area contributed by atoms with Gasteiger partial charge < -0.3 is 15.5 Å². The lowest BCUT2D eigenvalue weighted by Gasteiger charge is -2.06. The first kappa shape index (κ1) is 11.2. The lowest BCUT2D eigenvalue weighted by Crippen LogP contribution is -2.12. The number of furan rings is 1. The molecule has 5 heteroatoms. The van der Waals surface area contributed by atoms with E-state index in [0.717, 1.165) is 6.07 Å². The number of carbonyl (C=O) groups is 1. The molecule has 88 valence electrons. The van der Waals surface area contributed by atoms with Crippen molar-refractivity contribution in [2.45, 2.75) is 6.92 Å². The van der Waals surface area contributed by atoms with Crippen LogP contribution in [0.1, 0.15) is 16.3 Å². The van der Waals surface area contributed by atoms with Gasteiger partial charge in [0.25, 0.3) is 5.91 Å². The van der Waals surface area contributed by atoms with Crippen LogP contribution in [-0.4, -0.2) is 5.91 Å². The molecule has 0 saturated carbocycles. The van der Waals surface area contributed by atoms with Gasteiger partial charge in [-0.05, 0) is 37.3 Å². The van der Waals surface area contributed by atoms with Gasteiger partial charge in [-0.1, -0.05) is 0 Å². The Hall–Kier alpha value is -2.30. The molecule has 3 N–H and O–H groups in total. The van der Waals surface area contributed by atoms with E-state index in [-0.39, 0.29) is 11.4 Å². The summed E-state index contributed by atoms with van der Waals surface area (Å²) in [6.07, 6.45) is 0. The Bertz CT molecular complexity index is 563. The summed E-state index contributed by atoms with van der Waals surface area (Å²) in [6, 6.07) is 6.98. The smallest absolute Gasteiger partial charge is 0.291 e. The van der Waals surface area contributed by atoms with Crippen LogP contribution in [0, 0.1) is 12.7 Å². The Labute approximate surface area is 97.2 Å². The predicted molar refractivity (Wildman–Crippen MR) is 62.2 cm³/mol. The van der Waals surface area contributed by atoms with Gasteiger partial charge in [0.1, 0.15) is 11.6 Å². The zero-order chi connectivity index (χ0) is 12.4. The van der Waals surface area contributed by atoms with E-state index >= 15 is 0 Å². The van der Waals surface area contributed by atoms with Crippen molar-refractivity contribution in [2.75, 3.05) is 11.1 Å². The Morgan fingerprint density at radius 1 is 1.35 bits per heavy atom. The van der Waals surface area contributed by atoms with E-state index in [9.17, 15) is 9.18 Å². The maximum absolute atomic E-state index is 13.0. The highest BCUT2D eigenvalue weighted by Gasteiger charge is 2.12. The third-order valence-electron chi connectivity index (χ3n) is 2.23. The number of hydrogen-bond donors (Lipinski definition) is 2. The molecule has 1 aromatic heterocycles. The quantitative estimate of drug-likeness (QED) is 0.784. The summed E-state index contributed by atoms with van der Waals surface area (Å²) < 4.78 is 18.1. The highest BCUT2D eigenvalue weighted by Crippen LogP contribution is 2.20. The van der Waals surface area contributed by atoms with Crippen molar-refractivity contribution in [1.82, 2.24) is 0 Å². The summed E-state index contributed by atoms with van der Waals surface area (Å²) >= 11 is 0. The first-order valence-electron chi connectivity index (χ1n) is 4.99. The number of hydrogen-bond acceptors (Lipinski definition) is 3. The molecular formula is C12H11FN2O2. The summed E-state index contributed by atoms with van der Waals surface area (Å²) in [4.78, 5) is 11.7. The van der Waals surface area contributed by atoms with Gasteiger partial charge in [-0.25, -0.2) is 4.39 Å². The maximum atomic E-state index is 13.0. The Morgan fingerprint density at radius 2 is 2.12 bits per heavy atom. The van der Waals surface area contributed by atoms with Gasteiger partial charge in [0.15, 0.2) is 5.76 Å². The van der Waals surface area contributed by atoms with Gasteiger partial charge in [-0.2, -0.15) is 0 Å². The van der Waals surface area contributed by atoms with Crippen LogP contribution in [0.3, 0.4) is 0 Å². The van der Waals surface area contributed by atoms with E-state index < -0.39 is 11.7 Å². The number of nitrogens with two attached hydrogens (primary N) is 1. The first-order valence-corrected chi connectivity index (χ1v) is 4.99. The molecule has 0 bridgehead atoms. The van der Waals surface area contributed by atoms with Crippen LogP contribution in [0.15, 0.2) is 34.7 Å². The number of benzene rings is 1. The average Bonchev–Trinajstić information content (AvgIpc) is 2.70. The van der Waals surface area contributed by atoms with Crippen LogP contribution < -0.4 is 11.1 Å². The molecule has 1 heterocycles. The topological polar surface area (TPSA) is 68.3 Å². The average molecular weight is 234 g/mol. The van der Waals surface area contributed by atoms with E-state index in [0.29, 0.717) is 11.4 Å². The minimum absolute atomic E-state index is 0.158. The van der Waals surface area contributed by atoms with Crippen molar-refractivity contribution in [3.63, 3.8) is 0 Å². The molecule has 0 radical (unpaired) electrons. The molecule has 2 rings (SSSR count). The van der Waals surface area contributed by atoms with Gasteiger partial charge in [0.2, 0.25) is 0 Å². The van der Waals surface area contributed by atoms with Crippen LogP contribution in [0.5, 0.6) is 0 Å². The summed E-state index contributed by atoms with van der Waals surface area (Å²) in [5, 5.41) is 2.48. The van der Waals surface area contributed by atoms with E-state index in [1.165, 1.54) is 12.1 Å². The monoisotopic (exact) mass is 234 g/mol. The van der Waals surface area contributed by atoms with Gasteiger partial charge >= 0.3 is 0 Å². The van der Waals surface area contributed by atoms with Crippen LogP contribution in [0.4, 0.5) is 15.8 Å². The highest BCUT2D eigenvalue weighted by molar-refractivity contribution is 6.03. The van der Waals surface area contributed by atoms with E-state index in [4.69, 9.17) is 10.2 Å². The van der Waals surface area contributed by atoms with Crippen molar-refractivity contribution in [3.05, 3.63) is 47.7 Å². The molecule has 0 aliphatic heterocycles. The number of nitrogen functional groups attached to an aromatic ring is 1. The first-order chi connectivity index (χ1) is 8.06. The fourth-order valence-corrected chi connectivity index (χ4v) is 1.38. The fourth-order valence-electron chi connectivity index (χ4n) is 1.38. The molecule has 4 nitrogen and oxygen atoms in total. The molecule has 0 atom stereocenters.